The molecule has 1 unspecified atom stereocenters. The molecule has 0 spiro atoms. The van der Waals surface area contributed by atoms with Crippen LogP contribution < -0.4 is 5.32 Å². The monoisotopic (exact) mass is 218 g/mol. The number of pyridine rings is 1. The van der Waals surface area contributed by atoms with E-state index >= 15 is 0 Å². The van der Waals surface area contributed by atoms with Gasteiger partial charge in [0.15, 0.2) is 0 Å². The second-order valence-electron chi connectivity index (χ2n) is 5.60. The topological polar surface area (TPSA) is 24.9 Å². The Morgan fingerprint density at radius 1 is 1.38 bits per heavy atom. The molecule has 2 heteroatoms. The maximum absolute atomic E-state index is 4.06. The van der Waals surface area contributed by atoms with Crippen molar-refractivity contribution in [1.29, 1.82) is 0 Å². The minimum atomic E-state index is 0.422. The van der Waals surface area contributed by atoms with Crippen molar-refractivity contribution in [1.82, 2.24) is 10.3 Å². The number of hydrogen-bond acceptors (Lipinski definition) is 2. The molecule has 1 fully saturated rings. The lowest BCUT2D eigenvalue weighted by Crippen LogP contribution is -2.39. The van der Waals surface area contributed by atoms with Crippen LogP contribution in [0.2, 0.25) is 0 Å². The van der Waals surface area contributed by atoms with E-state index in [1.807, 2.05) is 12.4 Å². The molecule has 1 aliphatic carbocycles. The average Bonchev–Trinajstić information content (AvgIpc) is 2.59. The smallest absolute Gasteiger partial charge is 0.0295 e. The summed E-state index contributed by atoms with van der Waals surface area (Å²) in [6.45, 7) is 6.98. The van der Waals surface area contributed by atoms with E-state index in [1.165, 1.54) is 24.8 Å². The van der Waals surface area contributed by atoms with E-state index in [0.29, 0.717) is 17.5 Å². The third-order valence-corrected chi connectivity index (χ3v) is 3.91. The molecule has 1 N–H and O–H groups in total. The van der Waals surface area contributed by atoms with E-state index in [2.05, 4.69) is 43.2 Å². The molecule has 1 aromatic rings. The summed E-state index contributed by atoms with van der Waals surface area (Å²) < 4.78 is 0. The number of nitrogens with zero attached hydrogens (tertiary/aromatic N) is 1. The minimum absolute atomic E-state index is 0.422. The van der Waals surface area contributed by atoms with Gasteiger partial charge in [0.2, 0.25) is 0 Å². The maximum Gasteiger partial charge on any atom is 0.0295 e. The van der Waals surface area contributed by atoms with Gasteiger partial charge in [-0.3, -0.25) is 4.98 Å². The Balaban J connectivity index is 2.00. The number of hydrogen-bond donors (Lipinski definition) is 1. The molecule has 16 heavy (non-hydrogen) atoms. The van der Waals surface area contributed by atoms with E-state index in [9.17, 15) is 0 Å². The van der Waals surface area contributed by atoms with Gasteiger partial charge < -0.3 is 5.32 Å². The second kappa shape index (κ2) is 4.54. The van der Waals surface area contributed by atoms with Crippen LogP contribution in [-0.2, 0) is 0 Å². The highest BCUT2D eigenvalue weighted by Crippen LogP contribution is 2.38. The molecule has 0 bridgehead atoms. The number of nitrogens with one attached hydrogen (secondary N) is 1. The average molecular weight is 218 g/mol. The standard InChI is InChI=1S/C14H22N2/c1-11(12-6-9-15-10-7-12)16-13-5-4-8-14(13,2)3/h6-7,9-11,13,16H,4-5,8H2,1-3H3/t11-,13?/m1/s1. The van der Waals surface area contributed by atoms with Gasteiger partial charge in [-0.1, -0.05) is 20.3 Å². The van der Waals surface area contributed by atoms with Crippen molar-refractivity contribution < 1.29 is 0 Å². The van der Waals surface area contributed by atoms with Crippen LogP contribution in [-0.4, -0.2) is 11.0 Å². The van der Waals surface area contributed by atoms with Gasteiger partial charge >= 0.3 is 0 Å². The summed E-state index contributed by atoms with van der Waals surface area (Å²) in [7, 11) is 0. The summed E-state index contributed by atoms with van der Waals surface area (Å²) >= 11 is 0. The van der Waals surface area contributed by atoms with Crippen LogP contribution in [0.5, 0.6) is 0 Å². The highest BCUT2D eigenvalue weighted by atomic mass is 15.0. The molecule has 1 aliphatic rings. The Hall–Kier alpha value is -0.890. The SMILES string of the molecule is C[C@@H](NC1CCCC1(C)C)c1ccncc1. The van der Waals surface area contributed by atoms with Gasteiger partial charge in [-0.05, 0) is 42.9 Å². The van der Waals surface area contributed by atoms with Gasteiger partial charge in [0.25, 0.3) is 0 Å². The molecule has 2 atom stereocenters. The lowest BCUT2D eigenvalue weighted by molar-refractivity contribution is 0.266. The zero-order chi connectivity index (χ0) is 11.6. The third-order valence-electron chi connectivity index (χ3n) is 3.91. The van der Waals surface area contributed by atoms with Crippen molar-refractivity contribution in [3.05, 3.63) is 30.1 Å². The largest absolute Gasteiger partial charge is 0.307 e. The molecule has 1 heterocycles. The third kappa shape index (κ3) is 2.43. The fourth-order valence-corrected chi connectivity index (χ4v) is 2.69. The Labute approximate surface area is 98.5 Å². The van der Waals surface area contributed by atoms with Crippen LogP contribution >= 0.6 is 0 Å². The molecule has 1 saturated carbocycles. The van der Waals surface area contributed by atoms with Gasteiger partial charge in [-0.25, -0.2) is 0 Å². The second-order valence-corrected chi connectivity index (χ2v) is 5.60. The van der Waals surface area contributed by atoms with Gasteiger partial charge in [0.05, 0.1) is 0 Å². The van der Waals surface area contributed by atoms with E-state index in [4.69, 9.17) is 0 Å². The predicted octanol–water partition coefficient (Wildman–Crippen LogP) is 3.31. The van der Waals surface area contributed by atoms with Gasteiger partial charge in [0.1, 0.15) is 0 Å². The molecule has 0 saturated heterocycles. The molecule has 88 valence electrons. The molecule has 0 radical (unpaired) electrons. The highest BCUT2D eigenvalue weighted by Gasteiger charge is 2.34. The molecule has 0 amide bonds. The minimum Gasteiger partial charge on any atom is -0.307 e. The lowest BCUT2D eigenvalue weighted by Gasteiger charge is -2.31. The number of aromatic nitrogens is 1. The first kappa shape index (κ1) is 11.6. The fraction of sp³-hybridized carbons (Fsp3) is 0.643. The molecule has 0 aliphatic heterocycles. The van der Waals surface area contributed by atoms with Crippen LogP contribution in [0.25, 0.3) is 0 Å². The van der Waals surface area contributed by atoms with Crippen molar-refractivity contribution in [2.45, 2.75) is 52.1 Å². The van der Waals surface area contributed by atoms with E-state index < -0.39 is 0 Å². The highest BCUT2D eigenvalue weighted by molar-refractivity contribution is 5.14. The molecular formula is C14H22N2. The Morgan fingerprint density at radius 3 is 2.62 bits per heavy atom. The Kier molecular flexibility index (Phi) is 3.29. The zero-order valence-corrected chi connectivity index (χ0v) is 10.5. The van der Waals surface area contributed by atoms with E-state index in [1.54, 1.807) is 0 Å². The summed E-state index contributed by atoms with van der Waals surface area (Å²) in [4.78, 5) is 4.06. The summed E-state index contributed by atoms with van der Waals surface area (Å²) in [5.74, 6) is 0. The lowest BCUT2D eigenvalue weighted by atomic mass is 9.87. The van der Waals surface area contributed by atoms with Gasteiger partial charge in [-0.15, -0.1) is 0 Å². The summed E-state index contributed by atoms with van der Waals surface area (Å²) in [5.41, 5.74) is 1.78. The van der Waals surface area contributed by atoms with Gasteiger partial charge in [0, 0.05) is 24.5 Å². The first-order valence-corrected chi connectivity index (χ1v) is 6.25. The summed E-state index contributed by atoms with van der Waals surface area (Å²) in [6.07, 6.45) is 7.74. The van der Waals surface area contributed by atoms with Crippen LogP contribution in [0.15, 0.2) is 24.5 Å². The first-order chi connectivity index (χ1) is 7.59. The van der Waals surface area contributed by atoms with Gasteiger partial charge in [-0.2, -0.15) is 0 Å². The number of rotatable bonds is 3. The quantitative estimate of drug-likeness (QED) is 0.842. The van der Waals surface area contributed by atoms with E-state index in [-0.39, 0.29) is 0 Å². The van der Waals surface area contributed by atoms with Crippen molar-refractivity contribution in [2.24, 2.45) is 5.41 Å². The normalized spacial score (nSPS) is 25.6. The molecule has 2 nitrogen and oxygen atoms in total. The van der Waals surface area contributed by atoms with Crippen LogP contribution in [0.3, 0.4) is 0 Å². The molecular weight excluding hydrogens is 196 g/mol. The summed E-state index contributed by atoms with van der Waals surface area (Å²) in [6, 6.07) is 5.26. The zero-order valence-electron chi connectivity index (χ0n) is 10.5. The molecule has 1 aromatic heterocycles. The van der Waals surface area contributed by atoms with Crippen molar-refractivity contribution in [3.8, 4) is 0 Å². The summed E-state index contributed by atoms with van der Waals surface area (Å²) in [5, 5.41) is 3.76. The van der Waals surface area contributed by atoms with Crippen molar-refractivity contribution in [3.63, 3.8) is 0 Å². The van der Waals surface area contributed by atoms with Crippen LogP contribution in [0.1, 0.15) is 51.6 Å². The first-order valence-electron chi connectivity index (χ1n) is 6.25. The van der Waals surface area contributed by atoms with Crippen LogP contribution in [0, 0.1) is 5.41 Å². The van der Waals surface area contributed by atoms with E-state index in [0.717, 1.165) is 0 Å². The Morgan fingerprint density at radius 2 is 2.06 bits per heavy atom. The fourth-order valence-electron chi connectivity index (χ4n) is 2.69. The predicted molar refractivity (Wildman–Crippen MR) is 67.2 cm³/mol. The van der Waals surface area contributed by atoms with Crippen LogP contribution in [0.4, 0.5) is 0 Å². The maximum atomic E-state index is 4.06. The molecule has 0 aromatic carbocycles. The van der Waals surface area contributed by atoms with Crippen molar-refractivity contribution >= 4 is 0 Å². The van der Waals surface area contributed by atoms with Crippen molar-refractivity contribution in [2.75, 3.05) is 0 Å². The molecule has 2 rings (SSSR count). The Bertz CT molecular complexity index is 332.